The Kier molecular flexibility index (Phi) is 6.14. The highest BCUT2D eigenvalue weighted by atomic mass is 32.1. The topological polar surface area (TPSA) is 71.2 Å². The van der Waals surface area contributed by atoms with Crippen molar-refractivity contribution in [2.75, 3.05) is 6.54 Å². The fourth-order valence-electron chi connectivity index (χ4n) is 2.11. The third-order valence-electron chi connectivity index (χ3n) is 3.22. The van der Waals surface area contributed by atoms with E-state index in [0.29, 0.717) is 6.54 Å². The van der Waals surface area contributed by atoms with E-state index in [4.69, 9.17) is 5.73 Å². The molecule has 1 aromatic carbocycles. The highest BCUT2D eigenvalue weighted by Gasteiger charge is 2.22. The van der Waals surface area contributed by atoms with Gasteiger partial charge in [0.1, 0.15) is 11.1 Å². The second kappa shape index (κ2) is 8.11. The van der Waals surface area contributed by atoms with Gasteiger partial charge in [-0.3, -0.25) is 0 Å². The smallest absolute Gasteiger partial charge is 0.123 e. The molecule has 4 nitrogen and oxygen atoms in total. The van der Waals surface area contributed by atoms with Crippen LogP contribution in [0, 0.1) is 0 Å². The quantitative estimate of drug-likeness (QED) is 0.696. The number of nitrogens with two attached hydrogens (primary N) is 1. The first-order valence-corrected chi connectivity index (χ1v) is 7.74. The van der Waals surface area contributed by atoms with E-state index in [1.54, 1.807) is 6.20 Å². The molecule has 0 bridgehead atoms. The maximum Gasteiger partial charge on any atom is 0.123 e. The van der Waals surface area contributed by atoms with E-state index in [0.717, 1.165) is 24.4 Å². The van der Waals surface area contributed by atoms with Crippen molar-refractivity contribution >= 4 is 11.3 Å². The van der Waals surface area contributed by atoms with Crippen LogP contribution in [0.1, 0.15) is 29.5 Å². The lowest BCUT2D eigenvalue weighted by atomic mass is 10.0. The van der Waals surface area contributed by atoms with Crippen LogP contribution in [0.25, 0.3) is 0 Å². The molecule has 0 amide bonds. The number of thiazole rings is 1. The molecule has 108 valence electrons. The van der Waals surface area contributed by atoms with Crippen LogP contribution in [-0.2, 0) is 6.54 Å². The molecule has 0 aliphatic carbocycles. The summed E-state index contributed by atoms with van der Waals surface area (Å²) in [5, 5.41) is 16.5. The average molecular weight is 291 g/mol. The maximum absolute atomic E-state index is 10.4. The zero-order valence-corrected chi connectivity index (χ0v) is 12.2. The van der Waals surface area contributed by atoms with Crippen molar-refractivity contribution < 1.29 is 5.11 Å². The molecule has 0 saturated heterocycles. The van der Waals surface area contributed by atoms with Crippen LogP contribution in [0.15, 0.2) is 41.9 Å². The number of aliphatic hydroxyl groups excluding tert-OH is 1. The molecule has 0 radical (unpaired) electrons. The van der Waals surface area contributed by atoms with Crippen LogP contribution in [0.5, 0.6) is 0 Å². The number of nitrogens with zero attached hydrogens (tertiary/aromatic N) is 1. The van der Waals surface area contributed by atoms with Gasteiger partial charge in [-0.15, -0.1) is 11.3 Å². The lowest BCUT2D eigenvalue weighted by Crippen LogP contribution is -2.35. The molecule has 0 saturated carbocycles. The van der Waals surface area contributed by atoms with Crippen molar-refractivity contribution in [3.8, 4) is 0 Å². The van der Waals surface area contributed by atoms with Crippen LogP contribution >= 0.6 is 11.3 Å². The number of benzene rings is 1. The molecule has 5 heteroatoms. The van der Waals surface area contributed by atoms with Gasteiger partial charge in [-0.1, -0.05) is 30.3 Å². The summed E-state index contributed by atoms with van der Waals surface area (Å²) in [5.74, 6) is 0. The molecule has 2 atom stereocenters. The molecule has 1 heterocycles. The summed E-state index contributed by atoms with van der Waals surface area (Å²) in [6.45, 7) is 1.37. The minimum atomic E-state index is -0.578. The summed E-state index contributed by atoms with van der Waals surface area (Å²) >= 11 is 1.48. The van der Waals surface area contributed by atoms with Crippen LogP contribution in [0.3, 0.4) is 0 Å². The standard InChI is InChI=1S/C15H21N3OS/c16-8-4-7-13(14(19)15-17-9-10-20-15)18-11-12-5-2-1-3-6-12/h1-3,5-6,9-10,13-14,18-19H,4,7-8,11,16H2. The Morgan fingerprint density at radius 2 is 2.10 bits per heavy atom. The van der Waals surface area contributed by atoms with E-state index < -0.39 is 6.10 Å². The fraction of sp³-hybridized carbons (Fsp3) is 0.400. The van der Waals surface area contributed by atoms with Crippen LogP contribution in [0.2, 0.25) is 0 Å². The number of aromatic nitrogens is 1. The predicted octanol–water partition coefficient (Wildman–Crippen LogP) is 2.07. The highest BCUT2D eigenvalue weighted by molar-refractivity contribution is 7.09. The van der Waals surface area contributed by atoms with E-state index in [9.17, 15) is 5.11 Å². The van der Waals surface area contributed by atoms with Crippen molar-refractivity contribution in [3.05, 3.63) is 52.5 Å². The van der Waals surface area contributed by atoms with Crippen LogP contribution in [0.4, 0.5) is 0 Å². The molecular formula is C15H21N3OS. The van der Waals surface area contributed by atoms with E-state index >= 15 is 0 Å². The summed E-state index contributed by atoms with van der Waals surface area (Å²) in [6.07, 6.45) is 2.87. The Morgan fingerprint density at radius 3 is 2.75 bits per heavy atom. The minimum absolute atomic E-state index is 0.0232. The zero-order valence-electron chi connectivity index (χ0n) is 11.4. The third-order valence-corrected chi connectivity index (χ3v) is 4.06. The molecule has 1 aromatic heterocycles. The molecule has 0 aliphatic heterocycles. The van der Waals surface area contributed by atoms with Gasteiger partial charge in [-0.25, -0.2) is 4.98 Å². The van der Waals surface area contributed by atoms with Crippen LogP contribution < -0.4 is 11.1 Å². The van der Waals surface area contributed by atoms with E-state index in [1.807, 2.05) is 23.6 Å². The van der Waals surface area contributed by atoms with E-state index in [1.165, 1.54) is 16.9 Å². The molecule has 0 spiro atoms. The zero-order chi connectivity index (χ0) is 14.2. The van der Waals surface area contributed by atoms with Gasteiger partial charge in [0.25, 0.3) is 0 Å². The van der Waals surface area contributed by atoms with Crippen molar-refractivity contribution in [3.63, 3.8) is 0 Å². The molecule has 0 aliphatic rings. The Bertz CT molecular complexity index is 475. The SMILES string of the molecule is NCCCC(NCc1ccccc1)C(O)c1nccs1. The van der Waals surface area contributed by atoms with Gasteiger partial charge in [0.2, 0.25) is 0 Å². The lowest BCUT2D eigenvalue weighted by Gasteiger charge is -2.23. The van der Waals surface area contributed by atoms with Crippen molar-refractivity contribution in [2.45, 2.75) is 31.5 Å². The van der Waals surface area contributed by atoms with Gasteiger partial charge in [-0.05, 0) is 24.9 Å². The monoisotopic (exact) mass is 291 g/mol. The van der Waals surface area contributed by atoms with Gasteiger partial charge >= 0.3 is 0 Å². The Hall–Kier alpha value is -1.27. The second-order valence-corrected chi connectivity index (χ2v) is 5.65. The summed E-state index contributed by atoms with van der Waals surface area (Å²) in [5.41, 5.74) is 6.79. The van der Waals surface area contributed by atoms with Gasteiger partial charge < -0.3 is 16.2 Å². The Morgan fingerprint density at radius 1 is 1.30 bits per heavy atom. The summed E-state index contributed by atoms with van der Waals surface area (Å²) < 4.78 is 0. The van der Waals surface area contributed by atoms with Crippen molar-refractivity contribution in [1.29, 1.82) is 0 Å². The molecule has 2 rings (SSSR count). The predicted molar refractivity (Wildman–Crippen MR) is 82.4 cm³/mol. The number of nitrogens with one attached hydrogen (secondary N) is 1. The highest BCUT2D eigenvalue weighted by Crippen LogP contribution is 2.22. The number of hydrogen-bond acceptors (Lipinski definition) is 5. The summed E-state index contributed by atoms with van der Waals surface area (Å²) in [4.78, 5) is 4.20. The molecular weight excluding hydrogens is 270 g/mol. The maximum atomic E-state index is 10.4. The van der Waals surface area contributed by atoms with E-state index in [2.05, 4.69) is 22.4 Å². The normalized spacial score (nSPS) is 14.1. The van der Waals surface area contributed by atoms with Gasteiger partial charge in [0.05, 0.1) is 0 Å². The van der Waals surface area contributed by atoms with Gasteiger partial charge in [0.15, 0.2) is 0 Å². The first-order valence-electron chi connectivity index (χ1n) is 6.86. The number of aliphatic hydroxyl groups is 1. The molecule has 4 N–H and O–H groups in total. The fourth-order valence-corrected chi connectivity index (χ4v) is 2.79. The second-order valence-electron chi connectivity index (χ2n) is 4.72. The molecule has 2 aromatic rings. The minimum Gasteiger partial charge on any atom is -0.384 e. The largest absolute Gasteiger partial charge is 0.384 e. The number of hydrogen-bond donors (Lipinski definition) is 3. The average Bonchev–Trinajstić information content (AvgIpc) is 3.02. The third kappa shape index (κ3) is 4.38. The molecule has 0 fully saturated rings. The Balaban J connectivity index is 1.96. The van der Waals surface area contributed by atoms with Crippen LogP contribution in [-0.4, -0.2) is 22.7 Å². The van der Waals surface area contributed by atoms with E-state index in [-0.39, 0.29) is 6.04 Å². The molecule has 20 heavy (non-hydrogen) atoms. The summed E-state index contributed by atoms with van der Waals surface area (Å²) in [7, 11) is 0. The number of rotatable bonds is 8. The summed E-state index contributed by atoms with van der Waals surface area (Å²) in [6, 6.07) is 10.2. The Labute approximate surface area is 123 Å². The van der Waals surface area contributed by atoms with Crippen molar-refractivity contribution in [2.24, 2.45) is 5.73 Å². The first kappa shape index (κ1) is 15.1. The first-order chi connectivity index (χ1) is 9.81. The van der Waals surface area contributed by atoms with Gasteiger partial charge in [0, 0.05) is 24.2 Å². The van der Waals surface area contributed by atoms with Gasteiger partial charge in [-0.2, -0.15) is 0 Å². The molecule has 2 unspecified atom stereocenters. The lowest BCUT2D eigenvalue weighted by molar-refractivity contribution is 0.121. The van der Waals surface area contributed by atoms with Crippen molar-refractivity contribution in [1.82, 2.24) is 10.3 Å².